The number of hydrogen-bond acceptors (Lipinski definition) is 3. The molecule has 19 heavy (non-hydrogen) atoms. The molecule has 1 atom stereocenters. The van der Waals surface area contributed by atoms with Crippen LogP contribution in [0.2, 0.25) is 0 Å². The van der Waals surface area contributed by atoms with Crippen LogP contribution in [0.25, 0.3) is 0 Å². The van der Waals surface area contributed by atoms with Crippen LogP contribution in [0.3, 0.4) is 0 Å². The number of carbonyl (C=O) groups excluding carboxylic acids is 1. The number of nitrogens with zero attached hydrogens (tertiary/aromatic N) is 2. The molecule has 4 heteroatoms. The zero-order valence-electron chi connectivity index (χ0n) is 11.2. The molecule has 2 fully saturated rings. The Balaban J connectivity index is 1.68. The third kappa shape index (κ3) is 3.13. The van der Waals surface area contributed by atoms with Crippen LogP contribution in [0.15, 0.2) is 24.5 Å². The highest BCUT2D eigenvalue weighted by Gasteiger charge is 2.36. The molecule has 1 aliphatic heterocycles. The molecule has 0 unspecified atom stereocenters. The van der Waals surface area contributed by atoms with Crippen LogP contribution in [0.4, 0.5) is 0 Å². The van der Waals surface area contributed by atoms with E-state index < -0.39 is 0 Å². The van der Waals surface area contributed by atoms with Crippen molar-refractivity contribution in [2.24, 2.45) is 5.92 Å². The maximum atomic E-state index is 12.6. The first-order chi connectivity index (χ1) is 9.34. The molecule has 1 aromatic heterocycles. The van der Waals surface area contributed by atoms with E-state index in [0.717, 1.165) is 44.3 Å². The Morgan fingerprint density at radius 2 is 2.32 bits per heavy atom. The topological polar surface area (TPSA) is 45.2 Å². The standard InChI is InChI=1S/C15H21N3O/c19-15(13-4-2-8-17-10-13)18(14-5-6-14)11-12-3-1-7-16-9-12/h1,3,7,9,13-14,17H,2,4-6,8,10-11H2/t13-/m0/s1. The molecule has 1 aromatic rings. The van der Waals surface area contributed by atoms with E-state index in [4.69, 9.17) is 0 Å². The lowest BCUT2D eigenvalue weighted by Gasteiger charge is -2.29. The summed E-state index contributed by atoms with van der Waals surface area (Å²) < 4.78 is 0. The number of piperidine rings is 1. The molecule has 4 nitrogen and oxygen atoms in total. The second-order valence-corrected chi connectivity index (χ2v) is 5.60. The van der Waals surface area contributed by atoms with Crippen molar-refractivity contribution in [1.82, 2.24) is 15.2 Å². The highest BCUT2D eigenvalue weighted by atomic mass is 16.2. The van der Waals surface area contributed by atoms with Gasteiger partial charge in [0.15, 0.2) is 0 Å². The summed E-state index contributed by atoms with van der Waals surface area (Å²) in [5.74, 6) is 0.504. The van der Waals surface area contributed by atoms with Gasteiger partial charge in [-0.1, -0.05) is 6.07 Å². The predicted octanol–water partition coefficient (Wildman–Crippen LogP) is 1.57. The number of carbonyl (C=O) groups is 1. The molecule has 2 aliphatic rings. The van der Waals surface area contributed by atoms with E-state index in [1.807, 2.05) is 12.3 Å². The van der Waals surface area contributed by atoms with Gasteiger partial charge in [-0.2, -0.15) is 0 Å². The van der Waals surface area contributed by atoms with Crippen LogP contribution in [-0.4, -0.2) is 34.9 Å². The molecule has 1 N–H and O–H groups in total. The van der Waals surface area contributed by atoms with Crippen molar-refractivity contribution in [3.63, 3.8) is 0 Å². The van der Waals surface area contributed by atoms with Gasteiger partial charge >= 0.3 is 0 Å². The molecule has 1 saturated heterocycles. The fraction of sp³-hybridized carbons (Fsp3) is 0.600. The summed E-state index contributed by atoms with van der Waals surface area (Å²) >= 11 is 0. The van der Waals surface area contributed by atoms with Gasteiger partial charge in [0.2, 0.25) is 5.91 Å². The molecule has 0 bridgehead atoms. The van der Waals surface area contributed by atoms with E-state index in [2.05, 4.69) is 21.3 Å². The molecule has 3 rings (SSSR count). The lowest BCUT2D eigenvalue weighted by Crippen LogP contribution is -2.43. The van der Waals surface area contributed by atoms with E-state index in [0.29, 0.717) is 18.5 Å². The first kappa shape index (κ1) is 12.6. The highest BCUT2D eigenvalue weighted by molar-refractivity contribution is 5.79. The maximum absolute atomic E-state index is 12.6. The molecule has 0 spiro atoms. The summed E-state index contributed by atoms with van der Waals surface area (Å²) in [7, 11) is 0. The summed E-state index contributed by atoms with van der Waals surface area (Å²) in [5.41, 5.74) is 1.13. The normalized spacial score (nSPS) is 23.1. The first-order valence-corrected chi connectivity index (χ1v) is 7.24. The van der Waals surface area contributed by atoms with Crippen molar-refractivity contribution >= 4 is 5.91 Å². The predicted molar refractivity (Wildman–Crippen MR) is 73.4 cm³/mol. The first-order valence-electron chi connectivity index (χ1n) is 7.24. The van der Waals surface area contributed by atoms with Crippen molar-refractivity contribution in [1.29, 1.82) is 0 Å². The minimum atomic E-state index is 0.172. The fourth-order valence-electron chi connectivity index (χ4n) is 2.76. The Bertz CT molecular complexity index is 424. The summed E-state index contributed by atoms with van der Waals surface area (Å²) in [6.45, 7) is 2.61. The van der Waals surface area contributed by atoms with E-state index in [9.17, 15) is 4.79 Å². The average Bonchev–Trinajstić information content (AvgIpc) is 3.31. The van der Waals surface area contributed by atoms with Gasteiger partial charge in [-0.3, -0.25) is 9.78 Å². The van der Waals surface area contributed by atoms with Crippen molar-refractivity contribution in [2.75, 3.05) is 13.1 Å². The number of hydrogen-bond donors (Lipinski definition) is 1. The zero-order chi connectivity index (χ0) is 13.1. The van der Waals surface area contributed by atoms with E-state index in [-0.39, 0.29) is 5.92 Å². The maximum Gasteiger partial charge on any atom is 0.227 e. The van der Waals surface area contributed by atoms with E-state index in [1.54, 1.807) is 6.20 Å². The molecular weight excluding hydrogens is 238 g/mol. The van der Waals surface area contributed by atoms with Crippen LogP contribution in [0, 0.1) is 5.92 Å². The summed E-state index contributed by atoms with van der Waals surface area (Å²) in [4.78, 5) is 18.9. The SMILES string of the molecule is O=C([C@H]1CCCNC1)N(Cc1cccnc1)C1CC1. The molecule has 1 aliphatic carbocycles. The van der Waals surface area contributed by atoms with Gasteiger partial charge in [0.25, 0.3) is 0 Å². The third-order valence-corrected chi connectivity index (χ3v) is 3.99. The lowest BCUT2D eigenvalue weighted by molar-refractivity contribution is -0.137. The Hall–Kier alpha value is -1.42. The van der Waals surface area contributed by atoms with Crippen LogP contribution >= 0.6 is 0 Å². The zero-order valence-corrected chi connectivity index (χ0v) is 11.2. The van der Waals surface area contributed by atoms with Gasteiger partial charge in [0.1, 0.15) is 0 Å². The van der Waals surface area contributed by atoms with Gasteiger partial charge in [-0.15, -0.1) is 0 Å². The van der Waals surface area contributed by atoms with Gasteiger partial charge < -0.3 is 10.2 Å². The molecule has 2 heterocycles. The molecule has 0 aromatic carbocycles. The Morgan fingerprint density at radius 3 is 2.95 bits per heavy atom. The smallest absolute Gasteiger partial charge is 0.227 e. The molecule has 102 valence electrons. The van der Waals surface area contributed by atoms with Gasteiger partial charge in [-0.25, -0.2) is 0 Å². The van der Waals surface area contributed by atoms with Crippen molar-refractivity contribution in [2.45, 2.75) is 38.3 Å². The second-order valence-electron chi connectivity index (χ2n) is 5.60. The molecule has 1 amide bonds. The van der Waals surface area contributed by atoms with Crippen LogP contribution in [0.1, 0.15) is 31.2 Å². The highest BCUT2D eigenvalue weighted by Crippen LogP contribution is 2.30. The number of amides is 1. The van der Waals surface area contributed by atoms with E-state index in [1.165, 1.54) is 0 Å². The minimum absolute atomic E-state index is 0.172. The van der Waals surface area contributed by atoms with Crippen molar-refractivity contribution in [3.05, 3.63) is 30.1 Å². The Labute approximate surface area is 114 Å². The molecule has 1 saturated carbocycles. The number of rotatable bonds is 4. The molecule has 0 radical (unpaired) electrons. The quantitative estimate of drug-likeness (QED) is 0.892. The van der Waals surface area contributed by atoms with Crippen LogP contribution in [-0.2, 0) is 11.3 Å². The van der Waals surface area contributed by atoms with Gasteiger partial charge in [0, 0.05) is 31.5 Å². The minimum Gasteiger partial charge on any atom is -0.335 e. The van der Waals surface area contributed by atoms with Crippen molar-refractivity contribution < 1.29 is 4.79 Å². The Kier molecular flexibility index (Phi) is 3.78. The van der Waals surface area contributed by atoms with Crippen LogP contribution < -0.4 is 5.32 Å². The molecular formula is C15H21N3O. The van der Waals surface area contributed by atoms with Gasteiger partial charge in [-0.05, 0) is 43.9 Å². The van der Waals surface area contributed by atoms with E-state index >= 15 is 0 Å². The Morgan fingerprint density at radius 1 is 1.42 bits per heavy atom. The largest absolute Gasteiger partial charge is 0.335 e. The summed E-state index contributed by atoms with van der Waals surface area (Å²) in [6, 6.07) is 4.46. The number of nitrogens with one attached hydrogen (secondary N) is 1. The summed E-state index contributed by atoms with van der Waals surface area (Å²) in [6.07, 6.45) is 8.10. The second kappa shape index (κ2) is 5.70. The number of pyridine rings is 1. The van der Waals surface area contributed by atoms with Crippen LogP contribution in [0.5, 0.6) is 0 Å². The fourth-order valence-corrected chi connectivity index (χ4v) is 2.76. The monoisotopic (exact) mass is 259 g/mol. The number of aromatic nitrogens is 1. The lowest BCUT2D eigenvalue weighted by atomic mass is 9.98. The van der Waals surface area contributed by atoms with Crippen molar-refractivity contribution in [3.8, 4) is 0 Å². The third-order valence-electron chi connectivity index (χ3n) is 3.99. The van der Waals surface area contributed by atoms with Gasteiger partial charge in [0.05, 0.1) is 5.92 Å². The summed E-state index contributed by atoms with van der Waals surface area (Å²) in [5, 5.41) is 3.33. The average molecular weight is 259 g/mol.